The van der Waals surface area contributed by atoms with Gasteiger partial charge in [-0.25, -0.2) is 0 Å². The van der Waals surface area contributed by atoms with Crippen molar-refractivity contribution in [1.29, 1.82) is 0 Å². The van der Waals surface area contributed by atoms with Gasteiger partial charge < -0.3 is 4.74 Å². The van der Waals surface area contributed by atoms with Crippen molar-refractivity contribution in [2.24, 2.45) is 17.3 Å². The van der Waals surface area contributed by atoms with Gasteiger partial charge in [0.05, 0.1) is 0 Å². The fourth-order valence-electron chi connectivity index (χ4n) is 7.17. The van der Waals surface area contributed by atoms with E-state index >= 15 is 0 Å². The summed E-state index contributed by atoms with van der Waals surface area (Å²) in [7, 11) is 0. The minimum atomic E-state index is 0.0893. The van der Waals surface area contributed by atoms with Crippen LogP contribution in [-0.4, -0.2) is 12.1 Å². The fourth-order valence-corrected chi connectivity index (χ4v) is 7.17. The van der Waals surface area contributed by atoms with E-state index in [0.717, 1.165) is 31.1 Å². The van der Waals surface area contributed by atoms with E-state index in [2.05, 4.69) is 6.92 Å². The van der Waals surface area contributed by atoms with Gasteiger partial charge in [0.25, 0.3) is 0 Å². The van der Waals surface area contributed by atoms with Crippen LogP contribution in [0.2, 0.25) is 0 Å². The third-order valence-corrected chi connectivity index (χ3v) is 9.19. The highest BCUT2D eigenvalue weighted by Crippen LogP contribution is 2.53. The van der Waals surface area contributed by atoms with Crippen LogP contribution in [0, 0.1) is 17.3 Å². The van der Waals surface area contributed by atoms with Crippen molar-refractivity contribution in [1.82, 2.24) is 0 Å². The molecule has 2 heteroatoms. The van der Waals surface area contributed by atoms with Gasteiger partial charge >= 0.3 is 5.97 Å². The fraction of sp³-hybridized carbons (Fsp3) is 0.966. The quantitative estimate of drug-likeness (QED) is 0.227. The lowest BCUT2D eigenvalue weighted by Gasteiger charge is -2.47. The van der Waals surface area contributed by atoms with E-state index in [-0.39, 0.29) is 12.1 Å². The standard InChI is InChI=1S/C29H52O2/c1-2-3-4-5-8-14-25-20-23-29(24-21-25,26-15-9-6-10-16-26)22-13-19-28(30)31-27-17-11-7-12-18-27/h25-27H,2-24H2,1H3. The molecule has 0 spiro atoms. The Balaban J connectivity index is 1.43. The zero-order valence-corrected chi connectivity index (χ0v) is 20.8. The molecule has 0 aromatic carbocycles. The summed E-state index contributed by atoms with van der Waals surface area (Å²) >= 11 is 0. The van der Waals surface area contributed by atoms with E-state index in [1.165, 1.54) is 122 Å². The molecule has 3 aliphatic carbocycles. The predicted molar refractivity (Wildman–Crippen MR) is 131 cm³/mol. The van der Waals surface area contributed by atoms with Crippen molar-refractivity contribution in [3.63, 3.8) is 0 Å². The first-order chi connectivity index (χ1) is 15.2. The molecule has 180 valence electrons. The Hall–Kier alpha value is -0.530. The molecule has 0 N–H and O–H groups in total. The second kappa shape index (κ2) is 13.9. The van der Waals surface area contributed by atoms with Gasteiger partial charge in [-0.3, -0.25) is 4.79 Å². The van der Waals surface area contributed by atoms with E-state index < -0.39 is 0 Å². The normalized spacial score (nSPS) is 28.5. The summed E-state index contributed by atoms with van der Waals surface area (Å²) in [4.78, 5) is 12.5. The van der Waals surface area contributed by atoms with Gasteiger partial charge in [-0.2, -0.15) is 0 Å². The van der Waals surface area contributed by atoms with E-state index in [1.54, 1.807) is 0 Å². The van der Waals surface area contributed by atoms with E-state index in [9.17, 15) is 4.79 Å². The van der Waals surface area contributed by atoms with E-state index in [0.29, 0.717) is 11.8 Å². The summed E-state index contributed by atoms with van der Waals surface area (Å²) < 4.78 is 5.81. The molecular formula is C29H52O2. The van der Waals surface area contributed by atoms with Gasteiger partial charge in [0.1, 0.15) is 6.10 Å². The SMILES string of the molecule is CCCCCCCC1CCC(CCCC(=O)OC2CCCCC2)(C2CCCCC2)CC1. The summed E-state index contributed by atoms with van der Waals surface area (Å²) in [6, 6.07) is 0. The first kappa shape index (κ1) is 25.1. The average molecular weight is 433 g/mol. The van der Waals surface area contributed by atoms with Gasteiger partial charge in [-0.15, -0.1) is 0 Å². The number of rotatable bonds is 12. The maximum Gasteiger partial charge on any atom is 0.306 e. The summed E-state index contributed by atoms with van der Waals surface area (Å²) in [5.74, 6) is 2.00. The third kappa shape index (κ3) is 8.39. The average Bonchev–Trinajstić information content (AvgIpc) is 2.81. The number of hydrogen-bond acceptors (Lipinski definition) is 2. The number of esters is 1. The largest absolute Gasteiger partial charge is 0.462 e. The zero-order valence-electron chi connectivity index (χ0n) is 20.8. The molecule has 0 atom stereocenters. The number of carbonyl (C=O) groups is 1. The highest BCUT2D eigenvalue weighted by Gasteiger charge is 2.41. The second-order valence-electron chi connectivity index (χ2n) is 11.4. The molecule has 0 aromatic heterocycles. The first-order valence-electron chi connectivity index (χ1n) is 14.4. The molecule has 0 unspecified atom stereocenters. The molecule has 0 radical (unpaired) electrons. The van der Waals surface area contributed by atoms with Crippen LogP contribution in [0.5, 0.6) is 0 Å². The van der Waals surface area contributed by atoms with Gasteiger partial charge in [-0.05, 0) is 94.3 Å². The first-order valence-corrected chi connectivity index (χ1v) is 14.4. The Bertz CT molecular complexity index is 479. The Morgan fingerprint density at radius 2 is 1.42 bits per heavy atom. The van der Waals surface area contributed by atoms with Crippen molar-refractivity contribution in [3.8, 4) is 0 Å². The van der Waals surface area contributed by atoms with Crippen LogP contribution in [0.3, 0.4) is 0 Å². The smallest absolute Gasteiger partial charge is 0.306 e. The number of unbranched alkanes of at least 4 members (excludes halogenated alkanes) is 4. The molecule has 0 aromatic rings. The van der Waals surface area contributed by atoms with E-state index in [4.69, 9.17) is 4.74 Å². The molecule has 0 aliphatic heterocycles. The molecule has 0 heterocycles. The third-order valence-electron chi connectivity index (χ3n) is 9.19. The number of hydrogen-bond donors (Lipinski definition) is 0. The van der Waals surface area contributed by atoms with Gasteiger partial charge in [0, 0.05) is 6.42 Å². The van der Waals surface area contributed by atoms with Gasteiger partial charge in [-0.1, -0.05) is 71.1 Å². The van der Waals surface area contributed by atoms with Crippen molar-refractivity contribution in [3.05, 3.63) is 0 Å². The molecule has 3 fully saturated rings. The van der Waals surface area contributed by atoms with Crippen LogP contribution in [0.4, 0.5) is 0 Å². The second-order valence-corrected chi connectivity index (χ2v) is 11.4. The molecule has 3 saturated carbocycles. The monoisotopic (exact) mass is 432 g/mol. The van der Waals surface area contributed by atoms with Crippen LogP contribution >= 0.6 is 0 Å². The van der Waals surface area contributed by atoms with Gasteiger partial charge in [0.2, 0.25) is 0 Å². The summed E-state index contributed by atoms with van der Waals surface area (Å²) in [6.07, 6.45) is 30.8. The maximum atomic E-state index is 12.5. The minimum Gasteiger partial charge on any atom is -0.462 e. The Morgan fingerprint density at radius 1 is 0.774 bits per heavy atom. The Labute approximate surface area is 193 Å². The maximum absolute atomic E-state index is 12.5. The van der Waals surface area contributed by atoms with Crippen molar-refractivity contribution >= 4 is 5.97 Å². The number of ether oxygens (including phenoxy) is 1. The van der Waals surface area contributed by atoms with Crippen LogP contribution < -0.4 is 0 Å². The van der Waals surface area contributed by atoms with E-state index in [1.807, 2.05) is 0 Å². The summed E-state index contributed by atoms with van der Waals surface area (Å²) in [5, 5.41) is 0. The lowest BCUT2D eigenvalue weighted by molar-refractivity contribution is -0.150. The zero-order chi connectivity index (χ0) is 21.8. The molecule has 2 nitrogen and oxygen atoms in total. The predicted octanol–water partition coefficient (Wildman–Crippen LogP) is 9.15. The van der Waals surface area contributed by atoms with Crippen LogP contribution in [0.1, 0.15) is 155 Å². The van der Waals surface area contributed by atoms with Crippen molar-refractivity contribution in [2.45, 2.75) is 161 Å². The summed E-state index contributed by atoms with van der Waals surface area (Å²) in [5.41, 5.74) is 0.546. The van der Waals surface area contributed by atoms with Crippen molar-refractivity contribution in [2.75, 3.05) is 0 Å². The number of carbonyl (C=O) groups excluding carboxylic acids is 1. The Morgan fingerprint density at radius 3 is 2.10 bits per heavy atom. The molecule has 3 aliphatic rings. The minimum absolute atomic E-state index is 0.0893. The topological polar surface area (TPSA) is 26.3 Å². The molecule has 0 bridgehead atoms. The molecule has 3 rings (SSSR count). The Kier molecular flexibility index (Phi) is 11.2. The van der Waals surface area contributed by atoms with Gasteiger partial charge in [0.15, 0.2) is 0 Å². The van der Waals surface area contributed by atoms with Crippen LogP contribution in [-0.2, 0) is 9.53 Å². The highest BCUT2D eigenvalue weighted by atomic mass is 16.5. The molecular weight excluding hydrogens is 380 g/mol. The van der Waals surface area contributed by atoms with Crippen molar-refractivity contribution < 1.29 is 9.53 Å². The van der Waals surface area contributed by atoms with Crippen LogP contribution in [0.15, 0.2) is 0 Å². The summed E-state index contributed by atoms with van der Waals surface area (Å²) in [6.45, 7) is 2.31. The lowest BCUT2D eigenvalue weighted by Crippen LogP contribution is -2.36. The molecule has 31 heavy (non-hydrogen) atoms. The molecule has 0 saturated heterocycles. The highest BCUT2D eigenvalue weighted by molar-refractivity contribution is 5.69. The lowest BCUT2D eigenvalue weighted by atomic mass is 9.58. The van der Waals surface area contributed by atoms with Crippen LogP contribution in [0.25, 0.3) is 0 Å². The molecule has 0 amide bonds.